The SMILES string of the molecule is COc1cccc(OC)c1-c1cc(C(=O)N[C@@H](Cc2ccccc2)C(=O)O)nn1-c1ccc(C(=O)N(C)CCCN(C)C)cc1C(C)C. The molecule has 1 aromatic heterocycles. The van der Waals surface area contributed by atoms with Crippen molar-refractivity contribution in [2.24, 2.45) is 0 Å². The molecule has 254 valence electrons. The Balaban J connectivity index is 1.81. The molecular weight excluding hydrogens is 610 g/mol. The number of hydrogen-bond acceptors (Lipinski definition) is 7. The van der Waals surface area contributed by atoms with Crippen LogP contribution in [0.5, 0.6) is 11.5 Å². The highest BCUT2D eigenvalue weighted by Crippen LogP contribution is 2.40. The number of aliphatic carboxylic acids is 1. The third kappa shape index (κ3) is 8.40. The zero-order valence-electron chi connectivity index (χ0n) is 28.7. The highest BCUT2D eigenvalue weighted by molar-refractivity contribution is 5.97. The van der Waals surface area contributed by atoms with Gasteiger partial charge in [0, 0.05) is 25.6 Å². The molecule has 3 aromatic carbocycles. The van der Waals surface area contributed by atoms with E-state index in [9.17, 15) is 19.5 Å². The van der Waals surface area contributed by atoms with Crippen LogP contribution in [-0.2, 0) is 11.2 Å². The largest absolute Gasteiger partial charge is 0.496 e. The Bertz CT molecular complexity index is 1710. The molecule has 11 nitrogen and oxygen atoms in total. The van der Waals surface area contributed by atoms with Gasteiger partial charge < -0.3 is 29.7 Å². The third-order valence-electron chi connectivity index (χ3n) is 8.08. The monoisotopic (exact) mass is 655 g/mol. The molecule has 0 bridgehead atoms. The van der Waals surface area contributed by atoms with Crippen LogP contribution >= 0.6 is 0 Å². The number of carboxylic acids is 1. The minimum absolute atomic E-state index is 0.00718. The molecule has 0 aliphatic rings. The lowest BCUT2D eigenvalue weighted by Gasteiger charge is -2.21. The molecular formula is C37H45N5O6. The van der Waals surface area contributed by atoms with Crippen molar-refractivity contribution in [3.8, 4) is 28.4 Å². The maximum Gasteiger partial charge on any atom is 0.326 e. The van der Waals surface area contributed by atoms with Gasteiger partial charge in [0.15, 0.2) is 5.69 Å². The number of benzene rings is 3. The number of rotatable bonds is 15. The molecule has 4 rings (SSSR count). The lowest BCUT2D eigenvalue weighted by atomic mass is 9.97. The summed E-state index contributed by atoms with van der Waals surface area (Å²) in [6, 6.07) is 20.3. The van der Waals surface area contributed by atoms with Crippen LogP contribution in [0.1, 0.15) is 58.2 Å². The molecule has 0 saturated heterocycles. The Kier molecular flexibility index (Phi) is 12.0. The fraction of sp³-hybridized carbons (Fsp3) is 0.351. The van der Waals surface area contributed by atoms with Crippen LogP contribution in [0.2, 0.25) is 0 Å². The second-order valence-corrected chi connectivity index (χ2v) is 12.2. The van der Waals surface area contributed by atoms with Crippen LogP contribution in [0.15, 0.2) is 72.8 Å². The van der Waals surface area contributed by atoms with E-state index < -0.39 is 17.9 Å². The molecule has 4 aromatic rings. The van der Waals surface area contributed by atoms with Gasteiger partial charge in [0.05, 0.1) is 31.2 Å². The van der Waals surface area contributed by atoms with Crippen molar-refractivity contribution in [1.82, 2.24) is 24.9 Å². The molecule has 11 heteroatoms. The average molecular weight is 656 g/mol. The molecule has 0 unspecified atom stereocenters. The van der Waals surface area contributed by atoms with E-state index in [4.69, 9.17) is 14.6 Å². The summed E-state index contributed by atoms with van der Waals surface area (Å²) in [5.41, 5.74) is 3.86. The molecule has 2 amide bonds. The van der Waals surface area contributed by atoms with E-state index in [0.717, 1.165) is 24.1 Å². The summed E-state index contributed by atoms with van der Waals surface area (Å²) in [6.07, 6.45) is 0.951. The van der Waals surface area contributed by atoms with Crippen LogP contribution in [0, 0.1) is 0 Å². The van der Waals surface area contributed by atoms with Crippen molar-refractivity contribution in [3.63, 3.8) is 0 Å². The van der Waals surface area contributed by atoms with Gasteiger partial charge >= 0.3 is 5.97 Å². The van der Waals surface area contributed by atoms with Crippen molar-refractivity contribution in [1.29, 1.82) is 0 Å². The van der Waals surface area contributed by atoms with Crippen molar-refractivity contribution in [2.45, 2.75) is 38.6 Å². The van der Waals surface area contributed by atoms with E-state index in [1.54, 1.807) is 61.2 Å². The number of methoxy groups -OCH3 is 2. The lowest BCUT2D eigenvalue weighted by molar-refractivity contribution is -0.139. The number of carbonyl (C=O) groups excluding carboxylic acids is 2. The standard InChI is InChI=1S/C37H45N5O6/c1-24(2)27-22-26(36(44)41(5)20-12-19-40(3)4)17-18-30(27)42-31(34-32(47-6)15-11-16-33(34)48-7)23-28(39-42)35(43)38-29(37(45)46)21-25-13-9-8-10-14-25/h8-11,13-18,22-24,29H,12,19-21H2,1-7H3,(H,38,43)(H,45,46)/t29-/m0/s1. The minimum Gasteiger partial charge on any atom is -0.496 e. The normalized spacial score (nSPS) is 11.8. The number of carbonyl (C=O) groups is 3. The third-order valence-corrected chi connectivity index (χ3v) is 8.08. The Morgan fingerprint density at radius 1 is 0.896 bits per heavy atom. The van der Waals surface area contributed by atoms with E-state index in [0.29, 0.717) is 40.6 Å². The second kappa shape index (κ2) is 16.1. The summed E-state index contributed by atoms with van der Waals surface area (Å²) >= 11 is 0. The fourth-order valence-electron chi connectivity index (χ4n) is 5.53. The summed E-state index contributed by atoms with van der Waals surface area (Å²) in [7, 11) is 8.90. The quantitative estimate of drug-likeness (QED) is 0.181. The number of nitrogens with zero attached hydrogens (tertiary/aromatic N) is 4. The number of hydrogen-bond donors (Lipinski definition) is 2. The molecule has 1 atom stereocenters. The maximum absolute atomic E-state index is 13.7. The van der Waals surface area contributed by atoms with Gasteiger partial charge in [-0.15, -0.1) is 0 Å². The predicted octanol–water partition coefficient (Wildman–Crippen LogP) is 5.13. The number of amides is 2. The number of nitrogens with one attached hydrogen (secondary N) is 1. The van der Waals surface area contributed by atoms with Gasteiger partial charge in [0.1, 0.15) is 17.5 Å². The maximum atomic E-state index is 13.7. The van der Waals surface area contributed by atoms with Gasteiger partial charge in [-0.25, -0.2) is 9.48 Å². The van der Waals surface area contributed by atoms with Crippen molar-refractivity contribution in [3.05, 3.63) is 95.2 Å². The zero-order chi connectivity index (χ0) is 35.0. The summed E-state index contributed by atoms with van der Waals surface area (Å²) in [4.78, 5) is 43.1. The first-order chi connectivity index (χ1) is 22.9. The molecule has 0 spiro atoms. The molecule has 48 heavy (non-hydrogen) atoms. The zero-order valence-corrected chi connectivity index (χ0v) is 28.7. The van der Waals surface area contributed by atoms with Gasteiger partial charge in [0.25, 0.3) is 11.8 Å². The molecule has 0 radical (unpaired) electrons. The van der Waals surface area contributed by atoms with Crippen LogP contribution in [0.25, 0.3) is 16.9 Å². The van der Waals surface area contributed by atoms with Crippen molar-refractivity contribution < 1.29 is 29.0 Å². The first kappa shape index (κ1) is 35.7. The Labute approximate surface area is 282 Å². The van der Waals surface area contributed by atoms with Crippen molar-refractivity contribution >= 4 is 17.8 Å². The summed E-state index contributed by atoms with van der Waals surface area (Å²) < 4.78 is 13.1. The summed E-state index contributed by atoms with van der Waals surface area (Å²) in [5, 5.41) is 17.3. The number of carboxylic acid groups (broad SMARTS) is 1. The van der Waals surface area contributed by atoms with Crippen LogP contribution in [-0.4, -0.2) is 97.0 Å². The Morgan fingerprint density at radius 3 is 2.15 bits per heavy atom. The van der Waals surface area contributed by atoms with E-state index in [-0.39, 0.29) is 23.9 Å². The molecule has 2 N–H and O–H groups in total. The first-order valence-corrected chi connectivity index (χ1v) is 15.9. The summed E-state index contributed by atoms with van der Waals surface area (Å²) in [6.45, 7) is 5.54. The van der Waals surface area contributed by atoms with E-state index in [1.165, 1.54) is 0 Å². The van der Waals surface area contributed by atoms with Gasteiger partial charge in [-0.1, -0.05) is 50.2 Å². The Hall–Kier alpha value is -5.16. The molecule has 0 saturated carbocycles. The van der Waals surface area contributed by atoms with Gasteiger partial charge in [-0.2, -0.15) is 5.10 Å². The van der Waals surface area contributed by atoms with Gasteiger partial charge in [0.2, 0.25) is 0 Å². The van der Waals surface area contributed by atoms with E-state index in [2.05, 4.69) is 10.2 Å². The summed E-state index contributed by atoms with van der Waals surface area (Å²) in [5.74, 6) is -0.938. The number of ether oxygens (including phenoxy) is 2. The smallest absolute Gasteiger partial charge is 0.326 e. The average Bonchev–Trinajstić information content (AvgIpc) is 3.52. The highest BCUT2D eigenvalue weighted by atomic mass is 16.5. The lowest BCUT2D eigenvalue weighted by Crippen LogP contribution is -2.42. The second-order valence-electron chi connectivity index (χ2n) is 12.2. The van der Waals surface area contributed by atoms with Crippen molar-refractivity contribution in [2.75, 3.05) is 48.5 Å². The Morgan fingerprint density at radius 2 is 1.56 bits per heavy atom. The predicted molar refractivity (Wildman–Crippen MR) is 185 cm³/mol. The van der Waals surface area contributed by atoms with Crippen LogP contribution in [0.4, 0.5) is 0 Å². The molecule has 1 heterocycles. The van der Waals surface area contributed by atoms with Crippen LogP contribution < -0.4 is 14.8 Å². The molecule has 0 fully saturated rings. The minimum atomic E-state index is -1.18. The highest BCUT2D eigenvalue weighted by Gasteiger charge is 2.27. The van der Waals surface area contributed by atoms with Gasteiger partial charge in [-0.05, 0) is 80.5 Å². The fourth-order valence-corrected chi connectivity index (χ4v) is 5.53. The topological polar surface area (TPSA) is 126 Å². The van der Waals surface area contributed by atoms with E-state index in [1.807, 2.05) is 70.4 Å². The number of aromatic nitrogens is 2. The first-order valence-electron chi connectivity index (χ1n) is 15.9. The molecule has 0 aliphatic heterocycles. The van der Waals surface area contributed by atoms with Crippen LogP contribution in [0.3, 0.4) is 0 Å². The van der Waals surface area contributed by atoms with E-state index >= 15 is 0 Å². The van der Waals surface area contributed by atoms with Gasteiger partial charge in [-0.3, -0.25) is 9.59 Å². The molecule has 0 aliphatic carbocycles.